The van der Waals surface area contributed by atoms with Gasteiger partial charge in [-0.25, -0.2) is 4.39 Å². The Morgan fingerprint density at radius 2 is 2.17 bits per heavy atom. The molecule has 2 N–H and O–H groups in total. The summed E-state index contributed by atoms with van der Waals surface area (Å²) in [6.45, 7) is 3.39. The van der Waals surface area contributed by atoms with E-state index in [1.165, 1.54) is 12.1 Å². The number of benzene rings is 1. The zero-order valence-electron chi connectivity index (χ0n) is 10.9. The maximum absolute atomic E-state index is 13.4. The van der Waals surface area contributed by atoms with E-state index in [1.54, 1.807) is 7.11 Å². The van der Waals surface area contributed by atoms with Crippen molar-refractivity contribution in [2.75, 3.05) is 20.7 Å². The van der Waals surface area contributed by atoms with E-state index < -0.39 is 0 Å². The molecule has 0 heterocycles. The summed E-state index contributed by atoms with van der Waals surface area (Å²) in [6.07, 6.45) is 0.138. The number of ether oxygens (including phenoxy) is 1. The summed E-state index contributed by atoms with van der Waals surface area (Å²) in [6, 6.07) is 4.67. The first-order valence-corrected chi connectivity index (χ1v) is 6.13. The Bertz CT molecular complexity index is 425. The van der Waals surface area contributed by atoms with Crippen molar-refractivity contribution < 1.29 is 9.13 Å². The van der Waals surface area contributed by atoms with Gasteiger partial charge in [0.15, 0.2) is 0 Å². The van der Waals surface area contributed by atoms with Crippen LogP contribution in [0.1, 0.15) is 18.1 Å². The quantitative estimate of drug-likeness (QED) is 0.802. The van der Waals surface area contributed by atoms with Crippen molar-refractivity contribution in [1.29, 1.82) is 0 Å². The van der Waals surface area contributed by atoms with Crippen molar-refractivity contribution in [3.8, 4) is 0 Å². The molecular weight excluding hydrogens is 251 g/mol. The second-order valence-corrected chi connectivity index (χ2v) is 4.90. The Hall–Kier alpha value is -1.04. The van der Waals surface area contributed by atoms with Crippen molar-refractivity contribution in [2.24, 2.45) is 5.73 Å². The smallest absolute Gasteiger partial charge is 0.124 e. The van der Waals surface area contributed by atoms with E-state index in [0.717, 1.165) is 12.1 Å². The molecule has 0 radical (unpaired) electrons. The Morgan fingerprint density at radius 1 is 1.50 bits per heavy atom. The molecule has 18 heavy (non-hydrogen) atoms. The molecule has 0 aromatic heterocycles. The molecular formula is C13H19FN2OS. The van der Waals surface area contributed by atoms with E-state index in [4.69, 9.17) is 22.7 Å². The van der Waals surface area contributed by atoms with Crippen LogP contribution in [0.3, 0.4) is 0 Å². The van der Waals surface area contributed by atoms with Gasteiger partial charge in [-0.05, 0) is 37.7 Å². The lowest BCUT2D eigenvalue weighted by molar-refractivity contribution is 0.0836. The minimum Gasteiger partial charge on any atom is -0.389 e. The molecule has 100 valence electrons. The van der Waals surface area contributed by atoms with Gasteiger partial charge in [0, 0.05) is 25.8 Å². The topological polar surface area (TPSA) is 38.5 Å². The minimum atomic E-state index is -0.316. The number of thiocarbonyl (C=S) groups is 1. The molecule has 5 heteroatoms. The predicted octanol–water partition coefficient (Wildman–Crippen LogP) is 1.93. The molecule has 0 amide bonds. The first-order valence-electron chi connectivity index (χ1n) is 5.73. The zero-order chi connectivity index (χ0) is 13.7. The second-order valence-electron chi connectivity index (χ2n) is 4.46. The Morgan fingerprint density at radius 3 is 2.72 bits per heavy atom. The SMILES string of the molecule is COC(C)CN(C)Cc1cc(F)cc(C(N)=S)c1. The van der Waals surface area contributed by atoms with Gasteiger partial charge >= 0.3 is 0 Å². The second kappa shape index (κ2) is 6.78. The third-order valence-electron chi connectivity index (χ3n) is 2.67. The summed E-state index contributed by atoms with van der Waals surface area (Å²) in [4.78, 5) is 2.27. The van der Waals surface area contributed by atoms with Crippen molar-refractivity contribution in [3.05, 3.63) is 35.1 Å². The molecule has 1 aromatic rings. The Balaban J connectivity index is 2.75. The van der Waals surface area contributed by atoms with Gasteiger partial charge in [0.1, 0.15) is 10.8 Å². The van der Waals surface area contributed by atoms with Crippen molar-refractivity contribution in [3.63, 3.8) is 0 Å². The van der Waals surface area contributed by atoms with E-state index in [9.17, 15) is 4.39 Å². The zero-order valence-corrected chi connectivity index (χ0v) is 11.8. The molecule has 1 aromatic carbocycles. The summed E-state index contributed by atoms with van der Waals surface area (Å²) in [5.74, 6) is -0.316. The summed E-state index contributed by atoms with van der Waals surface area (Å²) in [5, 5.41) is 0. The number of hydrogen-bond acceptors (Lipinski definition) is 3. The molecule has 1 rings (SSSR count). The van der Waals surface area contributed by atoms with Gasteiger partial charge in [-0.3, -0.25) is 4.90 Å². The molecule has 0 saturated carbocycles. The van der Waals surface area contributed by atoms with Crippen LogP contribution in [0.15, 0.2) is 18.2 Å². The van der Waals surface area contributed by atoms with Gasteiger partial charge in [0.2, 0.25) is 0 Å². The van der Waals surface area contributed by atoms with Crippen LogP contribution in [-0.4, -0.2) is 36.7 Å². The summed E-state index contributed by atoms with van der Waals surface area (Å²) < 4.78 is 18.6. The minimum absolute atomic E-state index is 0.138. The lowest BCUT2D eigenvalue weighted by Gasteiger charge is -2.20. The van der Waals surface area contributed by atoms with Crippen LogP contribution in [0.5, 0.6) is 0 Å². The van der Waals surface area contributed by atoms with Crippen molar-refractivity contribution >= 4 is 17.2 Å². The van der Waals surface area contributed by atoms with Crippen molar-refractivity contribution in [2.45, 2.75) is 19.6 Å². The summed E-state index contributed by atoms with van der Waals surface area (Å²) in [5.41, 5.74) is 6.93. The number of nitrogens with two attached hydrogens (primary N) is 1. The first kappa shape index (κ1) is 15.0. The number of rotatable bonds is 6. The predicted molar refractivity (Wildman–Crippen MR) is 75.1 cm³/mol. The standard InChI is InChI=1S/C13H19FN2OS/c1-9(17-3)7-16(2)8-10-4-11(13(15)18)6-12(14)5-10/h4-6,9H,7-8H2,1-3H3,(H2,15,18). The van der Waals surface area contributed by atoms with E-state index in [2.05, 4.69) is 4.90 Å². The Kier molecular flexibility index (Phi) is 5.65. The third-order valence-corrected chi connectivity index (χ3v) is 2.90. The Labute approximate surface area is 113 Å². The largest absolute Gasteiger partial charge is 0.389 e. The fraction of sp³-hybridized carbons (Fsp3) is 0.462. The van der Waals surface area contributed by atoms with Crippen LogP contribution in [0.4, 0.5) is 4.39 Å². The van der Waals surface area contributed by atoms with Crippen LogP contribution in [0.25, 0.3) is 0 Å². The number of hydrogen-bond donors (Lipinski definition) is 1. The number of halogens is 1. The average Bonchev–Trinajstić information content (AvgIpc) is 2.27. The number of likely N-dealkylation sites (N-methyl/N-ethyl adjacent to an activating group) is 1. The molecule has 0 bridgehead atoms. The van der Waals surface area contributed by atoms with Crippen LogP contribution < -0.4 is 5.73 Å². The van der Waals surface area contributed by atoms with Crippen LogP contribution in [0, 0.1) is 5.82 Å². The van der Waals surface area contributed by atoms with E-state index in [-0.39, 0.29) is 16.9 Å². The van der Waals surface area contributed by atoms with Crippen LogP contribution in [0.2, 0.25) is 0 Å². The third kappa shape index (κ3) is 4.68. The van der Waals surface area contributed by atoms with Gasteiger partial charge in [-0.15, -0.1) is 0 Å². The van der Waals surface area contributed by atoms with E-state index in [0.29, 0.717) is 12.1 Å². The van der Waals surface area contributed by atoms with Gasteiger partial charge in [0.25, 0.3) is 0 Å². The maximum Gasteiger partial charge on any atom is 0.124 e. The van der Waals surface area contributed by atoms with Crippen LogP contribution >= 0.6 is 12.2 Å². The highest BCUT2D eigenvalue weighted by Gasteiger charge is 2.08. The molecule has 3 nitrogen and oxygen atoms in total. The van der Waals surface area contributed by atoms with Gasteiger partial charge in [-0.2, -0.15) is 0 Å². The lowest BCUT2D eigenvalue weighted by Crippen LogP contribution is -2.28. The molecule has 0 aliphatic rings. The molecule has 1 atom stereocenters. The first-order chi connectivity index (χ1) is 8.42. The van der Waals surface area contributed by atoms with E-state index in [1.807, 2.05) is 20.0 Å². The maximum atomic E-state index is 13.4. The van der Waals surface area contributed by atoms with Gasteiger partial charge < -0.3 is 10.5 Å². The van der Waals surface area contributed by atoms with Crippen molar-refractivity contribution in [1.82, 2.24) is 4.90 Å². The normalized spacial score (nSPS) is 12.7. The van der Waals surface area contributed by atoms with Gasteiger partial charge in [-0.1, -0.05) is 12.2 Å². The fourth-order valence-corrected chi connectivity index (χ4v) is 1.89. The summed E-state index contributed by atoms with van der Waals surface area (Å²) in [7, 11) is 3.63. The molecule has 0 aliphatic heterocycles. The molecule has 0 aliphatic carbocycles. The lowest BCUT2D eigenvalue weighted by atomic mass is 10.1. The van der Waals surface area contributed by atoms with E-state index >= 15 is 0 Å². The number of methoxy groups -OCH3 is 1. The monoisotopic (exact) mass is 270 g/mol. The molecule has 0 fully saturated rings. The highest BCUT2D eigenvalue weighted by molar-refractivity contribution is 7.80. The highest BCUT2D eigenvalue weighted by atomic mass is 32.1. The molecule has 0 spiro atoms. The number of nitrogens with zero attached hydrogens (tertiary/aromatic N) is 1. The van der Waals surface area contributed by atoms with Gasteiger partial charge in [0.05, 0.1) is 6.10 Å². The summed E-state index contributed by atoms with van der Waals surface area (Å²) >= 11 is 4.86. The van der Waals surface area contributed by atoms with Crippen LogP contribution in [-0.2, 0) is 11.3 Å². The average molecular weight is 270 g/mol. The molecule has 0 saturated heterocycles. The fourth-order valence-electron chi connectivity index (χ4n) is 1.77. The molecule has 1 unspecified atom stereocenters. The highest BCUT2D eigenvalue weighted by Crippen LogP contribution is 2.11.